The van der Waals surface area contributed by atoms with Crippen LogP contribution in [0.25, 0.3) is 16.5 Å². The highest BCUT2D eigenvalue weighted by Gasteiger charge is 2.42. The van der Waals surface area contributed by atoms with Gasteiger partial charge in [-0.05, 0) is 31.2 Å². The largest absolute Gasteiger partial charge is 0.496 e. The van der Waals surface area contributed by atoms with Crippen molar-refractivity contribution in [1.82, 2.24) is 3.97 Å². The summed E-state index contributed by atoms with van der Waals surface area (Å²) in [5.41, 5.74) is 2.10. The molecule has 0 atom stereocenters. The lowest BCUT2D eigenvalue weighted by Crippen LogP contribution is -2.23. The molecule has 0 spiro atoms. The lowest BCUT2D eigenvalue weighted by atomic mass is 9.92. The number of ether oxygens (including phenoxy) is 2. The van der Waals surface area contributed by atoms with Crippen LogP contribution < -0.4 is 4.74 Å². The second-order valence-electron chi connectivity index (χ2n) is 7.93. The summed E-state index contributed by atoms with van der Waals surface area (Å²) in [7, 11) is -1.10. The van der Waals surface area contributed by atoms with Crippen molar-refractivity contribution in [2.45, 2.75) is 31.1 Å². The highest BCUT2D eigenvalue weighted by atomic mass is 32.2. The predicted molar refractivity (Wildman–Crippen MR) is 115 cm³/mol. The van der Waals surface area contributed by atoms with Crippen LogP contribution in [0.5, 0.6) is 5.75 Å². The van der Waals surface area contributed by atoms with E-state index in [0.717, 1.165) is 5.56 Å². The highest BCUT2D eigenvalue weighted by Crippen LogP contribution is 2.49. The van der Waals surface area contributed by atoms with Gasteiger partial charge < -0.3 is 9.47 Å². The molecule has 156 valence electrons. The quantitative estimate of drug-likeness (QED) is 0.590. The molecule has 0 fully saturated rings. The molecule has 1 aliphatic rings. The van der Waals surface area contributed by atoms with Crippen molar-refractivity contribution in [1.29, 1.82) is 0 Å². The number of aromatic nitrogens is 1. The van der Waals surface area contributed by atoms with Gasteiger partial charge in [0.25, 0.3) is 10.0 Å². The zero-order valence-electron chi connectivity index (χ0n) is 17.5. The van der Waals surface area contributed by atoms with Gasteiger partial charge in [-0.2, -0.15) is 0 Å². The lowest BCUT2D eigenvalue weighted by Gasteiger charge is -2.21. The Labute approximate surface area is 175 Å². The molecule has 6 nitrogen and oxygen atoms in total. The van der Waals surface area contributed by atoms with Crippen LogP contribution in [0.3, 0.4) is 0 Å². The zero-order chi connectivity index (χ0) is 21.8. The van der Waals surface area contributed by atoms with Crippen molar-refractivity contribution in [2.24, 2.45) is 0 Å². The minimum absolute atomic E-state index is 0.179. The van der Waals surface area contributed by atoms with Gasteiger partial charge in [0, 0.05) is 11.0 Å². The molecule has 0 aliphatic heterocycles. The third-order valence-electron chi connectivity index (χ3n) is 5.48. The van der Waals surface area contributed by atoms with E-state index in [1.54, 1.807) is 48.5 Å². The van der Waals surface area contributed by atoms with E-state index in [1.807, 2.05) is 20.8 Å². The van der Waals surface area contributed by atoms with Gasteiger partial charge in [-0.1, -0.05) is 43.7 Å². The number of hydrogen-bond donors (Lipinski definition) is 0. The van der Waals surface area contributed by atoms with E-state index in [2.05, 4.69) is 0 Å². The van der Waals surface area contributed by atoms with Gasteiger partial charge in [-0.25, -0.2) is 17.2 Å². The maximum absolute atomic E-state index is 13.8. The van der Waals surface area contributed by atoms with Crippen LogP contribution in [0.1, 0.15) is 30.7 Å². The molecule has 0 unspecified atom stereocenters. The van der Waals surface area contributed by atoms with E-state index in [0.29, 0.717) is 33.5 Å². The summed E-state index contributed by atoms with van der Waals surface area (Å²) in [6.45, 7) is 5.67. The molecule has 1 heterocycles. The van der Waals surface area contributed by atoms with E-state index in [9.17, 15) is 13.2 Å². The summed E-state index contributed by atoms with van der Waals surface area (Å²) < 4.78 is 39.5. The number of fused-ring (bicyclic) bond motifs is 3. The van der Waals surface area contributed by atoms with Gasteiger partial charge in [-0.3, -0.25) is 0 Å². The smallest absolute Gasteiger partial charge is 0.338 e. The number of hydrogen-bond acceptors (Lipinski definition) is 5. The Hall–Kier alpha value is -3.06. The first-order valence-electron chi connectivity index (χ1n) is 9.49. The second-order valence-corrected chi connectivity index (χ2v) is 9.72. The first-order valence-corrected chi connectivity index (χ1v) is 10.9. The van der Waals surface area contributed by atoms with Gasteiger partial charge in [-0.15, -0.1) is 0 Å². The number of aryl methyl sites for hydroxylation is 1. The number of nitrogens with zero attached hydrogens (tertiary/aromatic N) is 1. The molecule has 3 aromatic rings. The highest BCUT2D eigenvalue weighted by molar-refractivity contribution is 7.90. The Morgan fingerprint density at radius 2 is 1.70 bits per heavy atom. The van der Waals surface area contributed by atoms with Gasteiger partial charge in [0.1, 0.15) is 5.75 Å². The maximum atomic E-state index is 13.8. The number of carbonyl (C=O) groups excluding carboxylic acids is 1. The van der Waals surface area contributed by atoms with Crippen LogP contribution in [-0.4, -0.2) is 32.6 Å². The van der Waals surface area contributed by atoms with Crippen LogP contribution in [0.4, 0.5) is 0 Å². The molecule has 2 aromatic carbocycles. The molecular weight excluding hydrogens is 402 g/mol. The van der Waals surface area contributed by atoms with Crippen molar-refractivity contribution in [3.8, 4) is 5.75 Å². The number of methoxy groups -OCH3 is 2. The summed E-state index contributed by atoms with van der Waals surface area (Å²) in [6.07, 6.45) is 1.76. The van der Waals surface area contributed by atoms with Crippen LogP contribution in [-0.2, 0) is 25.0 Å². The van der Waals surface area contributed by atoms with Crippen molar-refractivity contribution < 1.29 is 22.7 Å². The average Bonchev–Trinajstić information content (AvgIpc) is 3.21. The van der Waals surface area contributed by atoms with Crippen molar-refractivity contribution in [2.75, 3.05) is 14.2 Å². The standard InChI is InChI=1S/C23H23NO5S/c1-14-9-11-15(12-10-14)30(26,27)24-17-7-6-8-18(28-4)20(17)19-16(22(25)29-5)13-23(2,3)21(19)24/h6-13H,1-5H3. The Morgan fingerprint density at radius 3 is 2.30 bits per heavy atom. The Kier molecular flexibility index (Phi) is 4.54. The Balaban J connectivity index is 2.17. The molecule has 0 saturated heterocycles. The summed E-state index contributed by atoms with van der Waals surface area (Å²) in [6, 6.07) is 12.0. The molecule has 4 rings (SSSR count). The maximum Gasteiger partial charge on any atom is 0.338 e. The average molecular weight is 426 g/mol. The SMILES string of the molecule is COC(=O)C1=CC(C)(C)c2c1c1c(OC)cccc1n2S(=O)(=O)c1ccc(C)cc1. The summed E-state index contributed by atoms with van der Waals surface area (Å²) in [5, 5.41) is 0.577. The molecular formula is C23H23NO5S. The van der Waals surface area contributed by atoms with Crippen LogP contribution in [0.2, 0.25) is 0 Å². The minimum Gasteiger partial charge on any atom is -0.496 e. The monoisotopic (exact) mass is 425 g/mol. The molecule has 0 saturated carbocycles. The molecule has 0 bridgehead atoms. The number of allylic oxidation sites excluding steroid dienone is 1. The summed E-state index contributed by atoms with van der Waals surface area (Å²) in [5.74, 6) is -0.0198. The predicted octanol–water partition coefficient (Wildman–Crippen LogP) is 4.04. The lowest BCUT2D eigenvalue weighted by molar-refractivity contribution is -0.133. The van der Waals surface area contributed by atoms with Crippen LogP contribution in [0.15, 0.2) is 53.4 Å². The van der Waals surface area contributed by atoms with Crippen molar-refractivity contribution in [3.63, 3.8) is 0 Å². The van der Waals surface area contributed by atoms with E-state index < -0.39 is 21.4 Å². The fourth-order valence-corrected chi connectivity index (χ4v) is 5.80. The molecule has 0 N–H and O–H groups in total. The van der Waals surface area contributed by atoms with Crippen LogP contribution >= 0.6 is 0 Å². The van der Waals surface area contributed by atoms with E-state index in [1.165, 1.54) is 18.2 Å². The Morgan fingerprint density at radius 1 is 1.03 bits per heavy atom. The molecule has 0 amide bonds. The number of rotatable bonds is 4. The van der Waals surface area contributed by atoms with Crippen LogP contribution in [0, 0.1) is 6.92 Å². The fraction of sp³-hybridized carbons (Fsp3) is 0.261. The van der Waals surface area contributed by atoms with Gasteiger partial charge in [0.05, 0.1) is 41.3 Å². The normalized spacial score (nSPS) is 15.0. The van der Waals surface area contributed by atoms with E-state index >= 15 is 0 Å². The van der Waals surface area contributed by atoms with Gasteiger partial charge in [0.15, 0.2) is 0 Å². The first kappa shape index (κ1) is 20.2. The molecule has 30 heavy (non-hydrogen) atoms. The zero-order valence-corrected chi connectivity index (χ0v) is 18.3. The van der Waals surface area contributed by atoms with E-state index in [-0.39, 0.29) is 4.90 Å². The number of carbonyl (C=O) groups is 1. The fourth-order valence-electron chi connectivity index (χ4n) is 4.13. The topological polar surface area (TPSA) is 74.6 Å². The molecule has 7 heteroatoms. The molecule has 1 aliphatic carbocycles. The minimum atomic E-state index is -3.94. The molecule has 0 radical (unpaired) electrons. The van der Waals surface area contributed by atoms with E-state index in [4.69, 9.17) is 9.47 Å². The van der Waals surface area contributed by atoms with Gasteiger partial charge in [0.2, 0.25) is 0 Å². The summed E-state index contributed by atoms with van der Waals surface area (Å²) >= 11 is 0. The second kappa shape index (κ2) is 6.74. The summed E-state index contributed by atoms with van der Waals surface area (Å²) in [4.78, 5) is 12.8. The number of benzene rings is 2. The van der Waals surface area contributed by atoms with Gasteiger partial charge >= 0.3 is 5.97 Å². The third-order valence-corrected chi connectivity index (χ3v) is 7.21. The third kappa shape index (κ3) is 2.76. The van der Waals surface area contributed by atoms with Crippen molar-refractivity contribution in [3.05, 3.63) is 65.4 Å². The number of esters is 1. The first-order chi connectivity index (χ1) is 14.1. The molecule has 1 aromatic heterocycles. The Bertz CT molecular complexity index is 1310. The van der Waals surface area contributed by atoms with Crippen molar-refractivity contribution >= 4 is 32.5 Å².